The Morgan fingerprint density at radius 2 is 2.13 bits per heavy atom. The maximum absolute atomic E-state index is 10.2. The highest BCUT2D eigenvalue weighted by Crippen LogP contribution is 2.48. The number of nitrogen functional groups attached to an aromatic ring is 1. The minimum absolute atomic E-state index is 0.192. The quantitative estimate of drug-likeness (QED) is 0.337. The molecule has 23 heavy (non-hydrogen) atoms. The number of rotatable bonds is 4. The van der Waals surface area contributed by atoms with Gasteiger partial charge in [0, 0.05) is 0 Å². The van der Waals surface area contributed by atoms with Crippen LogP contribution in [0.3, 0.4) is 0 Å². The van der Waals surface area contributed by atoms with Crippen molar-refractivity contribution in [3.05, 3.63) is 12.7 Å². The summed E-state index contributed by atoms with van der Waals surface area (Å²) in [5, 5.41) is 20.3. The maximum atomic E-state index is 10.2. The number of nitrogens with two attached hydrogens (primary N) is 1. The lowest BCUT2D eigenvalue weighted by Gasteiger charge is -2.17. The fourth-order valence-corrected chi connectivity index (χ4v) is 3.05. The first-order valence-corrected chi connectivity index (χ1v) is 10.2. The molecule has 1 unspecified atom stereocenters. The Kier molecular flexibility index (Phi) is 4.60. The average molecular weight is 379 g/mol. The van der Waals surface area contributed by atoms with E-state index in [0.29, 0.717) is 11.2 Å². The zero-order valence-corrected chi connectivity index (χ0v) is 14.1. The van der Waals surface area contributed by atoms with Gasteiger partial charge >= 0.3 is 0 Å². The summed E-state index contributed by atoms with van der Waals surface area (Å²) < 4.78 is 12.0. The van der Waals surface area contributed by atoms with Crippen LogP contribution in [0.1, 0.15) is 6.23 Å². The molecule has 3 rings (SSSR count). The standard InChI is InChI=1S/C10H14N5O5PS2/c11-8-5-9(13-2-12-8)15(3-14-5)10-7(17)6(16)4(20-10)1-19-21(18,22)23/h2-4,6-7,10,16-17H,1H2,(H2,11,12,13)(H2,18,22,23)/t4-,6-,7-,10-/m1/s1. The van der Waals surface area contributed by atoms with Crippen LogP contribution in [-0.4, -0.2) is 59.5 Å². The first kappa shape index (κ1) is 17.0. The molecule has 1 fully saturated rings. The summed E-state index contributed by atoms with van der Waals surface area (Å²) in [5.41, 5.74) is 3.24. The van der Waals surface area contributed by atoms with Gasteiger partial charge in [-0.05, 0) is 11.8 Å². The van der Waals surface area contributed by atoms with Crippen molar-refractivity contribution in [2.75, 3.05) is 12.3 Å². The molecule has 1 aliphatic heterocycles. The second-order valence-corrected chi connectivity index (χ2v) is 10.1. The molecule has 5 N–H and O–H groups in total. The summed E-state index contributed by atoms with van der Waals surface area (Å²) in [6.07, 6.45) is -1.70. The molecule has 0 aliphatic carbocycles. The third kappa shape index (κ3) is 3.35. The molecular weight excluding hydrogens is 365 g/mol. The molecule has 2 aromatic heterocycles. The zero-order valence-electron chi connectivity index (χ0n) is 11.5. The molecule has 2 aromatic rings. The first-order chi connectivity index (χ1) is 10.8. The minimum Gasteiger partial charge on any atom is -0.387 e. The van der Waals surface area contributed by atoms with Crippen molar-refractivity contribution >= 4 is 46.7 Å². The van der Waals surface area contributed by atoms with Crippen molar-refractivity contribution in [2.45, 2.75) is 24.5 Å². The molecule has 13 heteroatoms. The topological polar surface area (TPSA) is 149 Å². The van der Waals surface area contributed by atoms with Gasteiger partial charge in [0.25, 0.3) is 0 Å². The van der Waals surface area contributed by atoms with Gasteiger partial charge in [-0.15, -0.1) is 0 Å². The van der Waals surface area contributed by atoms with Crippen molar-refractivity contribution in [2.24, 2.45) is 0 Å². The number of aliphatic hydroxyl groups excluding tert-OH is 2. The van der Waals surface area contributed by atoms with Crippen LogP contribution in [0.5, 0.6) is 0 Å². The molecule has 3 heterocycles. The lowest BCUT2D eigenvalue weighted by molar-refractivity contribution is -0.0469. The lowest BCUT2D eigenvalue weighted by Crippen LogP contribution is -2.33. The third-order valence-corrected chi connectivity index (χ3v) is 4.55. The highest BCUT2D eigenvalue weighted by Gasteiger charge is 2.44. The monoisotopic (exact) mass is 379 g/mol. The molecule has 5 atom stereocenters. The van der Waals surface area contributed by atoms with E-state index in [4.69, 9.17) is 15.0 Å². The van der Waals surface area contributed by atoms with Crippen LogP contribution < -0.4 is 5.73 Å². The molecule has 1 aliphatic rings. The second kappa shape index (κ2) is 6.22. The molecule has 0 radical (unpaired) electrons. The van der Waals surface area contributed by atoms with Gasteiger partial charge in [-0.25, -0.2) is 15.0 Å². The molecule has 0 saturated carbocycles. The van der Waals surface area contributed by atoms with Gasteiger partial charge in [0.15, 0.2) is 17.7 Å². The van der Waals surface area contributed by atoms with Crippen LogP contribution in [0.4, 0.5) is 5.82 Å². The van der Waals surface area contributed by atoms with Gasteiger partial charge in [-0.2, -0.15) is 0 Å². The van der Waals surface area contributed by atoms with Crippen LogP contribution in [0.15, 0.2) is 12.7 Å². The second-order valence-electron chi connectivity index (χ2n) is 4.92. The predicted molar refractivity (Wildman–Crippen MR) is 87.1 cm³/mol. The van der Waals surface area contributed by atoms with Crippen molar-refractivity contribution in [1.29, 1.82) is 0 Å². The average Bonchev–Trinajstić information content (AvgIpc) is 3.01. The molecule has 0 amide bonds. The summed E-state index contributed by atoms with van der Waals surface area (Å²) in [6, 6.07) is 0. The van der Waals surface area contributed by atoms with Crippen LogP contribution in [0, 0.1) is 0 Å². The molecule has 0 spiro atoms. The fourth-order valence-electron chi connectivity index (χ4n) is 2.32. The number of imidazole rings is 1. The summed E-state index contributed by atoms with van der Waals surface area (Å²) >= 11 is 8.37. The number of aliphatic hydroxyl groups is 2. The van der Waals surface area contributed by atoms with Gasteiger partial charge in [-0.3, -0.25) is 4.57 Å². The number of nitrogens with zero attached hydrogens (tertiary/aromatic N) is 4. The summed E-state index contributed by atoms with van der Waals surface area (Å²) in [7, 11) is 0. The normalized spacial score (nSPS) is 30.6. The summed E-state index contributed by atoms with van der Waals surface area (Å²) in [5.74, 6) is 0.192. The first-order valence-electron chi connectivity index (χ1n) is 6.42. The Bertz CT molecular complexity index is 769. The molecule has 10 nitrogen and oxygen atoms in total. The van der Waals surface area contributed by atoms with Crippen molar-refractivity contribution in [1.82, 2.24) is 19.5 Å². The van der Waals surface area contributed by atoms with E-state index >= 15 is 0 Å². The van der Waals surface area contributed by atoms with Crippen LogP contribution in [-0.2, 0) is 21.1 Å². The van der Waals surface area contributed by atoms with Gasteiger partial charge < -0.3 is 30.1 Å². The van der Waals surface area contributed by atoms with Gasteiger partial charge in [0.2, 0.25) is 5.69 Å². The molecule has 1 saturated heterocycles. The Morgan fingerprint density at radius 3 is 2.83 bits per heavy atom. The van der Waals surface area contributed by atoms with E-state index in [2.05, 4.69) is 39.0 Å². The highest BCUT2D eigenvalue weighted by molar-refractivity contribution is 8.59. The van der Waals surface area contributed by atoms with Crippen LogP contribution in [0.25, 0.3) is 11.2 Å². The van der Waals surface area contributed by atoms with Crippen molar-refractivity contribution in [3.63, 3.8) is 0 Å². The van der Waals surface area contributed by atoms with E-state index in [9.17, 15) is 15.1 Å². The summed E-state index contributed by atoms with van der Waals surface area (Å²) in [6.45, 7) is -0.213. The smallest absolute Gasteiger partial charge is 0.241 e. The van der Waals surface area contributed by atoms with Gasteiger partial charge in [-0.1, -0.05) is 12.2 Å². The number of hydrogen-bond donors (Lipinski definition) is 5. The Labute approximate surface area is 140 Å². The number of anilines is 1. The van der Waals surface area contributed by atoms with Crippen LogP contribution in [0.2, 0.25) is 0 Å². The number of ether oxygens (including phenoxy) is 1. The molecule has 126 valence electrons. The fraction of sp³-hybridized carbons (Fsp3) is 0.500. The van der Waals surface area contributed by atoms with E-state index in [-0.39, 0.29) is 12.4 Å². The van der Waals surface area contributed by atoms with E-state index in [1.54, 1.807) is 0 Å². The van der Waals surface area contributed by atoms with Crippen molar-refractivity contribution in [3.8, 4) is 0 Å². The van der Waals surface area contributed by atoms with Crippen molar-refractivity contribution < 1.29 is 24.4 Å². The van der Waals surface area contributed by atoms with Crippen LogP contribution >= 0.6 is 17.9 Å². The molecule has 0 bridgehead atoms. The molecule has 0 aromatic carbocycles. The third-order valence-electron chi connectivity index (χ3n) is 3.41. The predicted octanol–water partition coefficient (Wildman–Crippen LogP) is -0.809. The van der Waals surface area contributed by atoms with Gasteiger partial charge in [0.05, 0.1) is 12.9 Å². The SMILES string of the molecule is Nc1ncnc2c1ncn2[C@@H]1O[C@H](COP(O)(=S)S)[C@@H](O)[C@H]1O. The number of thiol groups is 1. The number of aromatic nitrogens is 4. The maximum Gasteiger partial charge on any atom is 0.241 e. The van der Waals surface area contributed by atoms with Gasteiger partial charge in [0.1, 0.15) is 30.2 Å². The summed E-state index contributed by atoms with van der Waals surface area (Å²) in [4.78, 5) is 21.3. The lowest BCUT2D eigenvalue weighted by atomic mass is 10.1. The van der Waals surface area contributed by atoms with E-state index < -0.39 is 30.2 Å². The minimum atomic E-state index is -3.19. The number of fused-ring (bicyclic) bond motifs is 1. The number of hydrogen-bond acceptors (Lipinski definition) is 9. The highest BCUT2D eigenvalue weighted by atomic mass is 32.9. The Morgan fingerprint density at radius 1 is 1.39 bits per heavy atom. The van der Waals surface area contributed by atoms with E-state index in [0.717, 1.165) is 0 Å². The largest absolute Gasteiger partial charge is 0.387 e. The van der Waals surface area contributed by atoms with E-state index in [1.807, 2.05) is 0 Å². The Hall–Kier alpha value is -0.850. The van der Waals surface area contributed by atoms with E-state index in [1.165, 1.54) is 17.2 Å². The molecular formula is C10H14N5O5PS2. The Balaban J connectivity index is 1.85. The zero-order chi connectivity index (χ0) is 16.8.